The molecule has 1 rings (SSSR count). The van der Waals surface area contributed by atoms with Crippen LogP contribution in [0.1, 0.15) is 70.2 Å². The second-order valence-corrected chi connectivity index (χ2v) is 7.56. The molecule has 1 aromatic rings. The van der Waals surface area contributed by atoms with Gasteiger partial charge in [0.2, 0.25) is 5.91 Å². The lowest BCUT2D eigenvalue weighted by Gasteiger charge is -2.24. The van der Waals surface area contributed by atoms with Gasteiger partial charge in [0.05, 0.1) is 14.2 Å². The van der Waals surface area contributed by atoms with Crippen molar-refractivity contribution in [3.8, 4) is 11.5 Å². The molecule has 0 aliphatic rings. The number of methoxy groups -OCH3 is 2. The fraction of sp³-hybridized carbons (Fsp3) is 0.636. The first kappa shape index (κ1) is 23.8. The Labute approximate surface area is 169 Å². The predicted octanol–water partition coefficient (Wildman–Crippen LogP) is 3.93. The third-order valence-electron chi connectivity index (χ3n) is 4.73. The van der Waals surface area contributed by atoms with Gasteiger partial charge in [-0.25, -0.2) is 0 Å². The van der Waals surface area contributed by atoms with Crippen molar-refractivity contribution in [2.45, 2.75) is 71.9 Å². The molecule has 28 heavy (non-hydrogen) atoms. The molecule has 0 radical (unpaired) electrons. The molecule has 2 atom stereocenters. The molecule has 0 aliphatic heterocycles. The van der Waals surface area contributed by atoms with E-state index in [9.17, 15) is 9.59 Å². The molecule has 0 saturated carbocycles. The minimum absolute atomic E-state index is 0.0382. The number of hydrogen-bond acceptors (Lipinski definition) is 4. The van der Waals surface area contributed by atoms with Crippen LogP contribution in [-0.4, -0.2) is 38.1 Å². The molecule has 2 N–H and O–H groups in total. The van der Waals surface area contributed by atoms with E-state index in [1.165, 1.54) is 33.5 Å². The van der Waals surface area contributed by atoms with Crippen LogP contribution in [0.3, 0.4) is 0 Å². The van der Waals surface area contributed by atoms with Gasteiger partial charge in [0, 0.05) is 17.7 Å². The quantitative estimate of drug-likeness (QED) is 0.528. The van der Waals surface area contributed by atoms with Crippen LogP contribution in [0.15, 0.2) is 18.2 Å². The number of hydrogen-bond donors (Lipinski definition) is 2. The first-order chi connectivity index (χ1) is 13.3. The molecule has 0 heterocycles. The third kappa shape index (κ3) is 7.79. The van der Waals surface area contributed by atoms with Crippen molar-refractivity contribution in [1.29, 1.82) is 0 Å². The van der Waals surface area contributed by atoms with E-state index in [2.05, 4.69) is 17.6 Å². The van der Waals surface area contributed by atoms with Gasteiger partial charge in [0.15, 0.2) is 0 Å². The van der Waals surface area contributed by atoms with Crippen molar-refractivity contribution >= 4 is 11.8 Å². The van der Waals surface area contributed by atoms with Gasteiger partial charge in [-0.15, -0.1) is 0 Å². The molecule has 0 spiro atoms. The summed E-state index contributed by atoms with van der Waals surface area (Å²) in [4.78, 5) is 25.4. The second kappa shape index (κ2) is 12.3. The number of benzene rings is 1. The number of rotatable bonds is 12. The van der Waals surface area contributed by atoms with Gasteiger partial charge in [-0.05, 0) is 31.4 Å². The zero-order chi connectivity index (χ0) is 21.1. The molecule has 1 aromatic carbocycles. The molecule has 158 valence electrons. The number of amides is 2. The van der Waals surface area contributed by atoms with Crippen molar-refractivity contribution in [2.75, 3.05) is 14.2 Å². The second-order valence-electron chi connectivity index (χ2n) is 7.56. The summed E-state index contributed by atoms with van der Waals surface area (Å²) in [5.74, 6) is 0.526. The SMILES string of the molecule is CCCCCCC(C)NC(=O)C(NC(=O)c1cc(OC)cc(OC)c1)C(C)C. The fourth-order valence-electron chi connectivity index (χ4n) is 2.98. The van der Waals surface area contributed by atoms with Crippen LogP contribution in [-0.2, 0) is 4.79 Å². The number of nitrogens with one attached hydrogen (secondary N) is 2. The van der Waals surface area contributed by atoms with Gasteiger partial charge in [0.1, 0.15) is 17.5 Å². The van der Waals surface area contributed by atoms with Gasteiger partial charge in [-0.1, -0.05) is 46.5 Å². The van der Waals surface area contributed by atoms with E-state index in [0.29, 0.717) is 17.1 Å². The zero-order valence-corrected chi connectivity index (χ0v) is 18.1. The summed E-state index contributed by atoms with van der Waals surface area (Å²) in [6.45, 7) is 8.03. The highest BCUT2D eigenvalue weighted by atomic mass is 16.5. The van der Waals surface area contributed by atoms with Crippen molar-refractivity contribution in [2.24, 2.45) is 5.92 Å². The third-order valence-corrected chi connectivity index (χ3v) is 4.73. The maximum absolute atomic E-state index is 12.7. The van der Waals surface area contributed by atoms with Crippen molar-refractivity contribution in [3.05, 3.63) is 23.8 Å². The molecule has 0 aromatic heterocycles. The van der Waals surface area contributed by atoms with Gasteiger partial charge < -0.3 is 20.1 Å². The van der Waals surface area contributed by atoms with Crippen molar-refractivity contribution in [3.63, 3.8) is 0 Å². The smallest absolute Gasteiger partial charge is 0.252 e. The molecule has 2 amide bonds. The van der Waals surface area contributed by atoms with E-state index in [4.69, 9.17) is 9.47 Å². The summed E-state index contributed by atoms with van der Waals surface area (Å²) in [5.41, 5.74) is 0.391. The molecule has 0 saturated heterocycles. The standard InChI is InChI=1S/C22H36N2O4/c1-7-8-9-10-11-16(4)23-22(26)20(15(2)3)24-21(25)17-12-18(27-5)14-19(13-17)28-6/h12-16,20H,7-11H2,1-6H3,(H,23,26)(H,24,25). The number of ether oxygens (including phenoxy) is 2. The van der Waals surface area contributed by atoms with Gasteiger partial charge in [-0.2, -0.15) is 0 Å². The molecule has 2 unspecified atom stereocenters. The highest BCUT2D eigenvalue weighted by molar-refractivity contribution is 5.98. The van der Waals surface area contributed by atoms with Gasteiger partial charge in [0.25, 0.3) is 5.91 Å². The fourth-order valence-corrected chi connectivity index (χ4v) is 2.98. The summed E-state index contributed by atoms with van der Waals surface area (Å²) in [6.07, 6.45) is 5.63. The lowest BCUT2D eigenvalue weighted by Crippen LogP contribution is -2.51. The lowest BCUT2D eigenvalue weighted by atomic mass is 10.0. The molecule has 0 fully saturated rings. The average molecular weight is 393 g/mol. The first-order valence-electron chi connectivity index (χ1n) is 10.2. The number of carbonyl (C=O) groups excluding carboxylic acids is 2. The Morgan fingerprint density at radius 2 is 1.54 bits per heavy atom. The summed E-state index contributed by atoms with van der Waals surface area (Å²) in [5, 5.41) is 5.89. The summed E-state index contributed by atoms with van der Waals surface area (Å²) in [7, 11) is 3.06. The highest BCUT2D eigenvalue weighted by Gasteiger charge is 2.26. The Morgan fingerprint density at radius 1 is 0.929 bits per heavy atom. The minimum Gasteiger partial charge on any atom is -0.497 e. The number of unbranched alkanes of at least 4 members (excludes halogenated alkanes) is 3. The average Bonchev–Trinajstić information content (AvgIpc) is 2.68. The maximum Gasteiger partial charge on any atom is 0.252 e. The van der Waals surface area contributed by atoms with E-state index < -0.39 is 6.04 Å². The Hall–Kier alpha value is -2.24. The van der Waals surface area contributed by atoms with Crippen molar-refractivity contribution in [1.82, 2.24) is 10.6 Å². The Morgan fingerprint density at radius 3 is 2.04 bits per heavy atom. The van der Waals surface area contributed by atoms with E-state index in [1.54, 1.807) is 18.2 Å². The van der Waals surface area contributed by atoms with Crippen LogP contribution in [0.4, 0.5) is 0 Å². The van der Waals surface area contributed by atoms with Crippen LogP contribution in [0.25, 0.3) is 0 Å². The zero-order valence-electron chi connectivity index (χ0n) is 18.1. The van der Waals surface area contributed by atoms with Gasteiger partial charge in [-0.3, -0.25) is 9.59 Å². The Kier molecular flexibility index (Phi) is 10.4. The Bertz CT molecular complexity index is 609. The van der Waals surface area contributed by atoms with E-state index in [-0.39, 0.29) is 23.8 Å². The molecular weight excluding hydrogens is 356 g/mol. The normalized spacial score (nSPS) is 13.0. The summed E-state index contributed by atoms with van der Waals surface area (Å²) in [6, 6.07) is 4.43. The van der Waals surface area contributed by atoms with E-state index >= 15 is 0 Å². The van der Waals surface area contributed by atoms with Crippen LogP contribution in [0.5, 0.6) is 11.5 Å². The first-order valence-corrected chi connectivity index (χ1v) is 10.2. The molecule has 6 heteroatoms. The van der Waals surface area contributed by atoms with Crippen LogP contribution in [0.2, 0.25) is 0 Å². The summed E-state index contributed by atoms with van der Waals surface area (Å²) >= 11 is 0. The monoisotopic (exact) mass is 392 g/mol. The molecular formula is C22H36N2O4. The van der Waals surface area contributed by atoms with E-state index in [1.807, 2.05) is 20.8 Å². The molecule has 0 bridgehead atoms. The number of carbonyl (C=O) groups is 2. The highest BCUT2D eigenvalue weighted by Crippen LogP contribution is 2.22. The lowest BCUT2D eigenvalue weighted by molar-refractivity contribution is -0.124. The Balaban J connectivity index is 2.76. The van der Waals surface area contributed by atoms with Crippen LogP contribution in [0, 0.1) is 5.92 Å². The van der Waals surface area contributed by atoms with Crippen molar-refractivity contribution < 1.29 is 19.1 Å². The molecule has 0 aliphatic carbocycles. The van der Waals surface area contributed by atoms with Crippen LogP contribution >= 0.6 is 0 Å². The largest absolute Gasteiger partial charge is 0.497 e. The summed E-state index contributed by atoms with van der Waals surface area (Å²) < 4.78 is 10.4. The topological polar surface area (TPSA) is 76.7 Å². The minimum atomic E-state index is -0.609. The molecule has 6 nitrogen and oxygen atoms in total. The van der Waals surface area contributed by atoms with Gasteiger partial charge >= 0.3 is 0 Å². The van der Waals surface area contributed by atoms with Crippen LogP contribution < -0.4 is 20.1 Å². The maximum atomic E-state index is 12.7. The predicted molar refractivity (Wildman–Crippen MR) is 112 cm³/mol. The van der Waals surface area contributed by atoms with E-state index in [0.717, 1.165) is 12.8 Å².